The van der Waals surface area contributed by atoms with Crippen molar-refractivity contribution in [3.8, 4) is 11.4 Å². The van der Waals surface area contributed by atoms with Crippen molar-refractivity contribution >= 4 is 5.91 Å². The van der Waals surface area contributed by atoms with Gasteiger partial charge in [0.05, 0.1) is 6.42 Å². The molecular weight excluding hydrogens is 345 g/mol. The number of hydrogen-bond donors (Lipinski definition) is 0. The summed E-state index contributed by atoms with van der Waals surface area (Å²) in [6, 6.07) is 15.5. The molecule has 2 aromatic carbocycles. The molecule has 0 N–H and O–H groups in total. The molecule has 0 saturated carbocycles. The Morgan fingerprint density at radius 2 is 2.00 bits per heavy atom. The minimum atomic E-state index is -0.333. The number of likely N-dealkylation sites (tertiary alicyclic amines) is 1. The highest BCUT2D eigenvalue weighted by Gasteiger charge is 2.32. The zero-order chi connectivity index (χ0) is 18.6. The summed E-state index contributed by atoms with van der Waals surface area (Å²) in [7, 11) is 0. The highest BCUT2D eigenvalue weighted by Crippen LogP contribution is 2.31. The van der Waals surface area contributed by atoms with Gasteiger partial charge in [0, 0.05) is 12.1 Å². The van der Waals surface area contributed by atoms with Gasteiger partial charge < -0.3 is 9.42 Å². The van der Waals surface area contributed by atoms with Crippen molar-refractivity contribution in [3.63, 3.8) is 0 Å². The van der Waals surface area contributed by atoms with E-state index in [4.69, 9.17) is 4.52 Å². The van der Waals surface area contributed by atoms with Gasteiger partial charge in [0.1, 0.15) is 11.9 Å². The SMILES string of the molecule is O=C(Cc1cccc(F)c1)N1CCCC[C@@H]1c1nc(-c2ccccc2)no1. The summed E-state index contributed by atoms with van der Waals surface area (Å²) in [5.74, 6) is 0.597. The molecule has 4 rings (SSSR count). The van der Waals surface area contributed by atoms with Crippen LogP contribution in [-0.2, 0) is 11.2 Å². The first-order chi connectivity index (χ1) is 13.2. The first-order valence-corrected chi connectivity index (χ1v) is 9.13. The molecule has 0 aliphatic carbocycles. The Labute approximate surface area is 156 Å². The third kappa shape index (κ3) is 3.89. The maximum Gasteiger partial charge on any atom is 0.249 e. The zero-order valence-electron chi connectivity index (χ0n) is 14.8. The number of halogens is 1. The molecule has 0 spiro atoms. The Hall–Kier alpha value is -3.02. The van der Waals surface area contributed by atoms with Crippen LogP contribution in [0.15, 0.2) is 59.1 Å². The number of benzene rings is 2. The molecule has 3 aromatic rings. The average Bonchev–Trinajstić information content (AvgIpc) is 3.19. The van der Waals surface area contributed by atoms with Crippen LogP contribution in [0, 0.1) is 5.82 Å². The van der Waals surface area contributed by atoms with E-state index in [2.05, 4.69) is 10.1 Å². The van der Waals surface area contributed by atoms with Crippen molar-refractivity contribution in [3.05, 3.63) is 71.9 Å². The Balaban J connectivity index is 1.54. The number of nitrogens with zero attached hydrogens (tertiary/aromatic N) is 3. The average molecular weight is 365 g/mol. The minimum absolute atomic E-state index is 0.0511. The Morgan fingerprint density at radius 1 is 1.15 bits per heavy atom. The van der Waals surface area contributed by atoms with Gasteiger partial charge in [-0.1, -0.05) is 47.6 Å². The highest BCUT2D eigenvalue weighted by atomic mass is 19.1. The predicted molar refractivity (Wildman–Crippen MR) is 98.1 cm³/mol. The first kappa shape index (κ1) is 17.4. The van der Waals surface area contributed by atoms with E-state index in [-0.39, 0.29) is 24.2 Å². The number of aromatic nitrogens is 2. The fourth-order valence-electron chi connectivity index (χ4n) is 3.48. The summed E-state index contributed by atoms with van der Waals surface area (Å²) in [4.78, 5) is 19.2. The van der Waals surface area contributed by atoms with E-state index >= 15 is 0 Å². The molecule has 6 heteroatoms. The van der Waals surface area contributed by atoms with Gasteiger partial charge in [-0.15, -0.1) is 0 Å². The smallest absolute Gasteiger partial charge is 0.249 e. The fourth-order valence-corrected chi connectivity index (χ4v) is 3.48. The highest BCUT2D eigenvalue weighted by molar-refractivity contribution is 5.79. The van der Waals surface area contributed by atoms with Crippen LogP contribution >= 0.6 is 0 Å². The van der Waals surface area contributed by atoms with Gasteiger partial charge in [-0.3, -0.25) is 4.79 Å². The quantitative estimate of drug-likeness (QED) is 0.696. The van der Waals surface area contributed by atoms with Gasteiger partial charge in [-0.2, -0.15) is 4.98 Å². The van der Waals surface area contributed by atoms with E-state index in [1.54, 1.807) is 17.0 Å². The summed E-state index contributed by atoms with van der Waals surface area (Å²) in [5.41, 5.74) is 1.54. The zero-order valence-corrected chi connectivity index (χ0v) is 14.8. The number of amides is 1. The molecule has 138 valence electrons. The topological polar surface area (TPSA) is 59.2 Å². The lowest BCUT2D eigenvalue weighted by molar-refractivity contribution is -0.135. The lowest BCUT2D eigenvalue weighted by atomic mass is 10.0. The molecule has 1 saturated heterocycles. The molecule has 0 bridgehead atoms. The van der Waals surface area contributed by atoms with Gasteiger partial charge in [0.2, 0.25) is 17.6 Å². The van der Waals surface area contributed by atoms with Crippen molar-refractivity contribution in [2.45, 2.75) is 31.7 Å². The number of carbonyl (C=O) groups excluding carboxylic acids is 1. The molecule has 1 aliphatic rings. The van der Waals surface area contributed by atoms with E-state index in [0.717, 1.165) is 24.8 Å². The van der Waals surface area contributed by atoms with Crippen molar-refractivity contribution in [2.24, 2.45) is 0 Å². The maximum absolute atomic E-state index is 13.4. The Bertz CT molecular complexity index is 926. The van der Waals surface area contributed by atoms with Gasteiger partial charge in [0.15, 0.2) is 0 Å². The molecule has 27 heavy (non-hydrogen) atoms. The molecule has 1 amide bonds. The molecular formula is C21H20FN3O2. The molecule has 5 nitrogen and oxygen atoms in total. The van der Waals surface area contributed by atoms with E-state index in [1.807, 2.05) is 30.3 Å². The maximum atomic E-state index is 13.4. The summed E-state index contributed by atoms with van der Waals surface area (Å²) in [6.45, 7) is 0.641. The van der Waals surface area contributed by atoms with E-state index < -0.39 is 0 Å². The third-order valence-electron chi connectivity index (χ3n) is 4.83. The van der Waals surface area contributed by atoms with Gasteiger partial charge >= 0.3 is 0 Å². The van der Waals surface area contributed by atoms with Gasteiger partial charge in [0.25, 0.3) is 0 Å². The predicted octanol–water partition coefficient (Wildman–Crippen LogP) is 4.17. The lowest BCUT2D eigenvalue weighted by Gasteiger charge is -2.33. The van der Waals surface area contributed by atoms with Crippen molar-refractivity contribution in [1.82, 2.24) is 15.0 Å². The summed E-state index contributed by atoms with van der Waals surface area (Å²) < 4.78 is 18.9. The Morgan fingerprint density at radius 3 is 2.81 bits per heavy atom. The van der Waals surface area contributed by atoms with Crippen LogP contribution in [0.5, 0.6) is 0 Å². The summed E-state index contributed by atoms with van der Waals surface area (Å²) in [5, 5.41) is 4.08. The second-order valence-corrected chi connectivity index (χ2v) is 6.73. The van der Waals surface area contributed by atoms with Crippen LogP contribution in [0.4, 0.5) is 4.39 Å². The number of hydrogen-bond acceptors (Lipinski definition) is 4. The minimum Gasteiger partial charge on any atom is -0.337 e. The van der Waals surface area contributed by atoms with Crippen molar-refractivity contribution < 1.29 is 13.7 Å². The fraction of sp³-hybridized carbons (Fsp3) is 0.286. The third-order valence-corrected chi connectivity index (χ3v) is 4.83. The molecule has 0 radical (unpaired) electrons. The number of rotatable bonds is 4. The number of piperidine rings is 1. The van der Waals surface area contributed by atoms with Crippen LogP contribution < -0.4 is 0 Å². The normalized spacial score (nSPS) is 17.1. The van der Waals surface area contributed by atoms with E-state index in [0.29, 0.717) is 23.8 Å². The Kier molecular flexibility index (Phi) is 4.96. The monoisotopic (exact) mass is 365 g/mol. The van der Waals surface area contributed by atoms with Gasteiger partial charge in [-0.25, -0.2) is 4.39 Å². The van der Waals surface area contributed by atoms with Crippen molar-refractivity contribution in [1.29, 1.82) is 0 Å². The molecule has 1 atom stereocenters. The summed E-state index contributed by atoms with van der Waals surface area (Å²) >= 11 is 0. The second-order valence-electron chi connectivity index (χ2n) is 6.73. The van der Waals surface area contributed by atoms with Crippen LogP contribution in [0.25, 0.3) is 11.4 Å². The second kappa shape index (κ2) is 7.70. The van der Waals surface area contributed by atoms with Crippen LogP contribution in [-0.4, -0.2) is 27.5 Å². The molecule has 1 aliphatic heterocycles. The molecule has 1 fully saturated rings. The standard InChI is InChI=1S/C21H20FN3O2/c22-17-10-6-7-15(13-17)14-19(26)25-12-5-4-11-18(25)21-23-20(24-27-21)16-8-2-1-3-9-16/h1-3,6-10,13,18H,4-5,11-12,14H2/t18-/m1/s1. The van der Waals surface area contributed by atoms with Crippen LogP contribution in [0.1, 0.15) is 36.8 Å². The van der Waals surface area contributed by atoms with Gasteiger partial charge in [-0.05, 0) is 37.0 Å². The van der Waals surface area contributed by atoms with E-state index in [9.17, 15) is 9.18 Å². The molecule has 0 unspecified atom stereocenters. The molecule has 1 aromatic heterocycles. The largest absolute Gasteiger partial charge is 0.337 e. The lowest BCUT2D eigenvalue weighted by Crippen LogP contribution is -2.39. The summed E-state index contributed by atoms with van der Waals surface area (Å²) in [6.07, 6.45) is 2.88. The van der Waals surface area contributed by atoms with Crippen molar-refractivity contribution in [2.75, 3.05) is 6.54 Å². The van der Waals surface area contributed by atoms with E-state index in [1.165, 1.54) is 12.1 Å². The first-order valence-electron chi connectivity index (χ1n) is 9.13. The molecule has 2 heterocycles. The number of carbonyl (C=O) groups is 1. The van der Waals surface area contributed by atoms with Crippen LogP contribution in [0.2, 0.25) is 0 Å². The van der Waals surface area contributed by atoms with Crippen LogP contribution in [0.3, 0.4) is 0 Å².